The number of anilines is 9. The number of benzene rings is 11. The Morgan fingerprint density at radius 2 is 0.673 bits per heavy atom. The molecule has 19 rings (SSSR count). The van der Waals surface area contributed by atoms with Crippen LogP contribution >= 0.6 is 0 Å². The second-order valence-electron chi connectivity index (χ2n) is 32.8. The van der Waals surface area contributed by atoms with E-state index in [1.165, 1.54) is 33.7 Å². The fraction of sp³-hybridized carbons (Fsp3) is 0.161. The van der Waals surface area contributed by atoms with Gasteiger partial charge in [-0.05, 0) is 127 Å². The third kappa shape index (κ3) is 24.7. The zero-order valence-electron chi connectivity index (χ0n) is 81.9. The summed E-state index contributed by atoms with van der Waals surface area (Å²) in [6, 6.07) is 71.8. The van der Waals surface area contributed by atoms with Crippen LogP contribution in [0.15, 0.2) is 287 Å². The molecule has 0 spiro atoms. The van der Waals surface area contributed by atoms with E-state index < -0.39 is 11.9 Å². The van der Waals surface area contributed by atoms with Gasteiger partial charge in [-0.2, -0.15) is 44.1 Å². The number of nitrogen functional groups attached to an aromatic ring is 1. The number of nitriles is 2. The van der Waals surface area contributed by atoms with Gasteiger partial charge in [0.2, 0.25) is 0 Å². The van der Waals surface area contributed by atoms with E-state index >= 15 is 0 Å². The number of halogens is 3. The van der Waals surface area contributed by atoms with E-state index in [4.69, 9.17) is 63.8 Å². The van der Waals surface area contributed by atoms with E-state index in [-0.39, 0.29) is 24.4 Å². The van der Waals surface area contributed by atoms with Gasteiger partial charge in [-0.1, -0.05) is 53.7 Å². The minimum atomic E-state index is -4.63. The predicted octanol–water partition coefficient (Wildman–Crippen LogP) is 19.2. The quantitative estimate of drug-likeness (QED) is 0.0396. The molecule has 0 fully saturated rings. The number of alkyl halides is 3. The summed E-state index contributed by atoms with van der Waals surface area (Å²) < 4.78 is 90.5. The van der Waals surface area contributed by atoms with Gasteiger partial charge in [0.25, 0.3) is 0 Å². The standard InChI is InChI=1S/2C30H24N6O2.C29H26N6O2.C23H22F3N5O3/c1-35-20-23(18-33-35)30-19-32-28-11-10-24(15-29(28)34-30)36(25-13-26(37-2)16-27(14-25)38-3)12-4-5-21-6-8-22(17-31)9-7-21;1-35-20-23(18-33-35)30-19-32-28-11-10-24(15-29(28)34-30)36(25-13-26(37-2)16-27(14-25)38-3)12-6-9-21-7-4-5-8-22(21)17-31;1-34-19-21(17-32-34)29-18-31-27-10-9-23(15-28(27)33-29)35(11-5-7-20-6-4-8-22(30)12-20)24-13-25(36-2)16-26(14-24)37-3;1-30-13-18(22(29-30)23(24,25)26)21-12-27-19-5-4-14(10-20(19)28-21)31(6-7-32)15-8-16(33-2)11-17(9-15)34-3/h6-11,13-16,18-20H,12H2,1-3H3;4-5,7-8,10-11,13-16,18-20H,12H2,1-3H3;4,6,8-10,12-19H,11,30H2,1-3H3;4-5,8-13,32H,6-7H2,1-3H3. The van der Waals surface area contributed by atoms with Crippen molar-refractivity contribution in [1.29, 1.82) is 10.5 Å². The van der Waals surface area contributed by atoms with Gasteiger partial charge in [0, 0.05) is 217 Å². The molecule has 147 heavy (non-hydrogen) atoms. The summed E-state index contributed by atoms with van der Waals surface area (Å²) in [5.74, 6) is 24.5. The maximum Gasteiger partial charge on any atom is 0.435 e. The molecule has 0 atom stereocenters. The summed E-state index contributed by atoms with van der Waals surface area (Å²) in [7, 11) is 19.9. The molecule has 3 N–H and O–H groups in total. The Labute approximate surface area is 844 Å². The third-order valence-electron chi connectivity index (χ3n) is 23.0. The molecule has 32 nitrogen and oxygen atoms in total. The lowest BCUT2D eigenvalue weighted by Crippen LogP contribution is -2.21. The Balaban J connectivity index is 0.000000140. The molecule has 734 valence electrons. The van der Waals surface area contributed by atoms with Crippen molar-refractivity contribution < 1.29 is 56.2 Å². The number of nitrogens with zero attached hydrogens (tertiary/aromatic N) is 22. The fourth-order valence-corrected chi connectivity index (χ4v) is 15.6. The number of ether oxygens (including phenoxy) is 8. The van der Waals surface area contributed by atoms with E-state index in [0.29, 0.717) is 110 Å². The first-order chi connectivity index (χ1) is 71.4. The van der Waals surface area contributed by atoms with Crippen LogP contribution in [0.4, 0.5) is 64.4 Å². The topological polar surface area (TPSA) is 355 Å². The van der Waals surface area contributed by atoms with Crippen molar-refractivity contribution in [3.05, 3.63) is 320 Å². The first-order valence-corrected chi connectivity index (χ1v) is 45.5. The second-order valence-corrected chi connectivity index (χ2v) is 32.8. The minimum Gasteiger partial charge on any atom is -0.497 e. The number of aliphatic hydroxyl groups excluding tert-OH is 1. The number of aromatic nitrogens is 16. The molecule has 0 aliphatic rings. The lowest BCUT2D eigenvalue weighted by molar-refractivity contribution is -0.141. The van der Waals surface area contributed by atoms with Crippen molar-refractivity contribution in [1.82, 2.24) is 79.0 Å². The van der Waals surface area contributed by atoms with Gasteiger partial charge in [-0.3, -0.25) is 38.7 Å². The first kappa shape index (κ1) is 100. The summed E-state index contributed by atoms with van der Waals surface area (Å²) in [5, 5.41) is 44.4. The van der Waals surface area contributed by atoms with Crippen LogP contribution in [0, 0.1) is 58.2 Å². The first-order valence-electron chi connectivity index (χ1n) is 45.5. The fourth-order valence-electron chi connectivity index (χ4n) is 15.6. The Morgan fingerprint density at radius 1 is 0.333 bits per heavy atom. The predicted molar refractivity (Wildman–Crippen MR) is 559 cm³/mol. The van der Waals surface area contributed by atoms with Crippen molar-refractivity contribution in [3.63, 3.8) is 0 Å². The zero-order chi connectivity index (χ0) is 103. The van der Waals surface area contributed by atoms with Crippen LogP contribution in [-0.4, -0.2) is 174 Å². The van der Waals surface area contributed by atoms with E-state index in [1.807, 2.05) is 213 Å². The Bertz CT molecular complexity index is 8220. The number of hydrogen-bond donors (Lipinski definition) is 2. The maximum atomic E-state index is 13.5. The number of methoxy groups -OCH3 is 8. The molecule has 8 aromatic heterocycles. The van der Waals surface area contributed by atoms with Crippen LogP contribution in [0.25, 0.3) is 89.2 Å². The Kier molecular flexibility index (Phi) is 31.6. The molecular formula is C112H96F3N23O9. The minimum absolute atomic E-state index is 0.0573. The number of aliphatic hydroxyl groups is 1. The van der Waals surface area contributed by atoms with Crippen LogP contribution in [0.3, 0.4) is 0 Å². The van der Waals surface area contributed by atoms with Crippen LogP contribution < -0.4 is 63.2 Å². The van der Waals surface area contributed by atoms with Crippen LogP contribution in [0.1, 0.15) is 33.5 Å². The van der Waals surface area contributed by atoms with Crippen molar-refractivity contribution in [3.8, 4) is 139 Å². The van der Waals surface area contributed by atoms with Gasteiger partial charge in [0.15, 0.2) is 5.69 Å². The normalized spacial score (nSPS) is 10.7. The van der Waals surface area contributed by atoms with Crippen molar-refractivity contribution in [2.45, 2.75) is 6.18 Å². The van der Waals surface area contributed by atoms with Gasteiger partial charge in [-0.25, -0.2) is 19.9 Å². The highest BCUT2D eigenvalue weighted by Gasteiger charge is 2.38. The summed E-state index contributed by atoms with van der Waals surface area (Å²) in [6.07, 6.45) is 14.3. The number of aryl methyl sites for hydroxylation is 4. The van der Waals surface area contributed by atoms with Crippen molar-refractivity contribution in [2.24, 2.45) is 28.2 Å². The van der Waals surface area contributed by atoms with Gasteiger partial charge >= 0.3 is 6.18 Å². The monoisotopic (exact) mass is 1960 g/mol. The second kappa shape index (κ2) is 46.2. The van der Waals surface area contributed by atoms with Crippen molar-refractivity contribution in [2.75, 3.05) is 115 Å². The maximum absolute atomic E-state index is 13.5. The molecule has 0 amide bonds. The molecule has 0 aliphatic heterocycles. The van der Waals surface area contributed by atoms with Crippen molar-refractivity contribution >= 4 is 95.3 Å². The number of hydrogen-bond acceptors (Lipinski definition) is 28. The Hall–Kier alpha value is -19.6. The average molecular weight is 1970 g/mol. The third-order valence-corrected chi connectivity index (χ3v) is 23.0. The number of nitrogens with two attached hydrogens (primary N) is 1. The van der Waals surface area contributed by atoms with Crippen LogP contribution in [0.2, 0.25) is 0 Å². The molecule has 19 aromatic rings. The highest BCUT2D eigenvalue weighted by atomic mass is 19.4. The van der Waals surface area contributed by atoms with Gasteiger partial charge in [0.1, 0.15) is 52.1 Å². The molecule has 0 radical (unpaired) electrons. The molecule has 0 bridgehead atoms. The van der Waals surface area contributed by atoms with E-state index in [0.717, 1.165) is 117 Å². The molecule has 11 aromatic carbocycles. The molecule has 0 aliphatic carbocycles. The summed E-state index contributed by atoms with van der Waals surface area (Å²) in [4.78, 5) is 45.1. The molecule has 0 saturated heterocycles. The largest absolute Gasteiger partial charge is 0.497 e. The molecule has 0 saturated carbocycles. The van der Waals surface area contributed by atoms with E-state index in [1.54, 1.807) is 148 Å². The van der Waals surface area contributed by atoms with Gasteiger partial charge in [-0.15, -0.1) is 0 Å². The smallest absolute Gasteiger partial charge is 0.435 e. The summed E-state index contributed by atoms with van der Waals surface area (Å²) in [5.41, 5.74) is 26.0. The highest BCUT2D eigenvalue weighted by molar-refractivity contribution is 5.88. The van der Waals surface area contributed by atoms with E-state index in [9.17, 15) is 23.5 Å². The average Bonchev–Trinajstić information content (AvgIpc) is 1.79. The lowest BCUT2D eigenvalue weighted by atomic mass is 10.1. The van der Waals surface area contributed by atoms with E-state index in [2.05, 4.69) is 103 Å². The molecule has 8 heterocycles. The molecule has 0 unspecified atom stereocenters. The number of rotatable bonds is 25. The van der Waals surface area contributed by atoms with Crippen LogP contribution in [0.5, 0.6) is 46.0 Å². The lowest BCUT2D eigenvalue weighted by Gasteiger charge is -2.25. The van der Waals surface area contributed by atoms with Crippen LogP contribution in [-0.2, 0) is 34.4 Å². The Morgan fingerprint density at radius 3 is 1.01 bits per heavy atom. The summed E-state index contributed by atoms with van der Waals surface area (Å²) in [6.45, 7) is 1.24. The summed E-state index contributed by atoms with van der Waals surface area (Å²) >= 11 is 0. The molecular weight excluding hydrogens is 1870 g/mol. The number of fused-ring (bicyclic) bond motifs is 4. The van der Waals surface area contributed by atoms with Gasteiger partial charge in [0.05, 0.1) is 216 Å². The van der Waals surface area contributed by atoms with Gasteiger partial charge < -0.3 is 68.3 Å². The molecule has 35 heteroatoms. The highest BCUT2D eigenvalue weighted by Crippen LogP contribution is 2.42. The zero-order valence-corrected chi connectivity index (χ0v) is 81.9. The SMILES string of the molecule is COc1cc(OC)cc(N(CC#Cc2ccc(C#N)cc2)c2ccc3ncc(-c4cnn(C)c4)nc3c2)c1.COc1cc(OC)cc(N(CC#Cc2cccc(N)c2)c2ccc3ncc(-c4cnn(C)c4)nc3c2)c1.COc1cc(OC)cc(N(CC#Cc2ccccc2C#N)c2ccc3ncc(-c4cnn(C)c4)nc3c2)c1.COc1cc(OC)cc(N(CCO)c2ccc3ncc(-c4cn(C)nc4C(F)(F)F)nc3c2)c1.